The average molecular weight is 424 g/mol. The van der Waals surface area contributed by atoms with Gasteiger partial charge >= 0.3 is 0 Å². The third-order valence-corrected chi connectivity index (χ3v) is 6.02. The Hall–Kier alpha value is -2.76. The van der Waals surface area contributed by atoms with Crippen LogP contribution in [0.25, 0.3) is 0 Å². The highest BCUT2D eigenvalue weighted by atomic mass is 35.5. The number of carbonyl (C=O) groups is 1. The zero-order valence-electron chi connectivity index (χ0n) is 17.3. The summed E-state index contributed by atoms with van der Waals surface area (Å²) in [6.07, 6.45) is 3.05. The molecule has 0 radical (unpaired) electrons. The van der Waals surface area contributed by atoms with Gasteiger partial charge in [-0.15, -0.1) is 0 Å². The molecule has 0 fully saturated rings. The molecule has 6 heteroatoms. The van der Waals surface area contributed by atoms with Gasteiger partial charge in [-0.25, -0.2) is 0 Å². The van der Waals surface area contributed by atoms with Crippen molar-refractivity contribution < 1.29 is 9.53 Å². The number of nitrogens with one attached hydrogen (secondary N) is 1. The van der Waals surface area contributed by atoms with Crippen molar-refractivity contribution in [2.24, 2.45) is 7.05 Å². The van der Waals surface area contributed by atoms with E-state index in [1.165, 1.54) is 16.8 Å². The van der Waals surface area contributed by atoms with E-state index in [4.69, 9.17) is 16.3 Å². The molecule has 1 aliphatic rings. The van der Waals surface area contributed by atoms with Crippen LogP contribution in [-0.4, -0.2) is 35.6 Å². The molecule has 0 aliphatic carbocycles. The van der Waals surface area contributed by atoms with Crippen LogP contribution in [0, 0.1) is 0 Å². The van der Waals surface area contributed by atoms with Crippen molar-refractivity contribution in [3.63, 3.8) is 0 Å². The summed E-state index contributed by atoms with van der Waals surface area (Å²) in [5.74, 6) is 0.324. The molecule has 2 heterocycles. The number of hydrogen-bond acceptors (Lipinski definition) is 3. The van der Waals surface area contributed by atoms with E-state index in [1.54, 1.807) is 25.3 Å². The monoisotopic (exact) mass is 423 g/mol. The van der Waals surface area contributed by atoms with Gasteiger partial charge in [0, 0.05) is 43.6 Å². The number of halogens is 1. The molecule has 0 saturated carbocycles. The first-order chi connectivity index (χ1) is 14.6. The summed E-state index contributed by atoms with van der Waals surface area (Å²) in [5.41, 5.74) is 4.38. The van der Waals surface area contributed by atoms with E-state index in [1.807, 2.05) is 19.3 Å². The topological polar surface area (TPSA) is 46.5 Å². The van der Waals surface area contributed by atoms with Gasteiger partial charge in [-0.05, 0) is 47.9 Å². The third kappa shape index (κ3) is 4.23. The largest absolute Gasteiger partial charge is 0.496 e. The van der Waals surface area contributed by atoms with Gasteiger partial charge in [-0.2, -0.15) is 0 Å². The maximum Gasteiger partial charge on any atom is 0.255 e. The molecule has 1 aromatic heterocycles. The summed E-state index contributed by atoms with van der Waals surface area (Å²) in [7, 11) is 3.60. The van der Waals surface area contributed by atoms with Crippen molar-refractivity contribution in [1.29, 1.82) is 0 Å². The molecule has 1 atom stereocenters. The predicted molar refractivity (Wildman–Crippen MR) is 119 cm³/mol. The number of amides is 1. The first kappa shape index (κ1) is 20.5. The van der Waals surface area contributed by atoms with Crippen molar-refractivity contribution in [2.45, 2.75) is 19.0 Å². The molecule has 30 heavy (non-hydrogen) atoms. The van der Waals surface area contributed by atoms with Crippen LogP contribution in [0.3, 0.4) is 0 Å². The van der Waals surface area contributed by atoms with Crippen molar-refractivity contribution >= 4 is 17.5 Å². The van der Waals surface area contributed by atoms with E-state index in [2.05, 4.69) is 45.1 Å². The van der Waals surface area contributed by atoms with Gasteiger partial charge < -0.3 is 14.6 Å². The number of hydrogen-bond donors (Lipinski definition) is 1. The maximum atomic E-state index is 12.9. The zero-order chi connectivity index (χ0) is 21.1. The summed E-state index contributed by atoms with van der Waals surface area (Å²) in [6, 6.07) is 17.9. The van der Waals surface area contributed by atoms with Crippen molar-refractivity contribution in [2.75, 3.05) is 20.2 Å². The van der Waals surface area contributed by atoms with Gasteiger partial charge in [-0.1, -0.05) is 35.9 Å². The maximum absolute atomic E-state index is 12.9. The Labute approximate surface area is 182 Å². The van der Waals surface area contributed by atoms with Gasteiger partial charge in [0.1, 0.15) is 5.75 Å². The quantitative estimate of drug-likeness (QED) is 0.645. The Bertz CT molecular complexity index is 1050. The lowest BCUT2D eigenvalue weighted by Crippen LogP contribution is -2.41. The van der Waals surface area contributed by atoms with E-state index in [0.29, 0.717) is 22.9 Å². The third-order valence-electron chi connectivity index (χ3n) is 5.79. The van der Waals surface area contributed by atoms with Crippen LogP contribution >= 0.6 is 11.6 Å². The molecule has 5 nitrogen and oxygen atoms in total. The molecular weight excluding hydrogens is 398 g/mol. The summed E-state index contributed by atoms with van der Waals surface area (Å²) >= 11 is 6.11. The van der Waals surface area contributed by atoms with E-state index >= 15 is 0 Å². The number of carbonyl (C=O) groups excluding carboxylic acids is 1. The van der Waals surface area contributed by atoms with Crippen molar-refractivity contribution in [1.82, 2.24) is 14.8 Å². The van der Waals surface area contributed by atoms with Gasteiger partial charge in [0.25, 0.3) is 5.91 Å². The number of benzene rings is 2. The van der Waals surface area contributed by atoms with Gasteiger partial charge in [-0.3, -0.25) is 9.69 Å². The van der Waals surface area contributed by atoms with Crippen LogP contribution < -0.4 is 10.1 Å². The first-order valence-electron chi connectivity index (χ1n) is 10.1. The second kappa shape index (κ2) is 8.94. The number of nitrogens with zero attached hydrogens (tertiary/aromatic N) is 2. The lowest BCUT2D eigenvalue weighted by atomic mass is 9.97. The molecule has 0 spiro atoms. The van der Waals surface area contributed by atoms with Crippen LogP contribution in [0.2, 0.25) is 5.02 Å². The average Bonchev–Trinajstić information content (AvgIpc) is 3.19. The van der Waals surface area contributed by atoms with E-state index in [9.17, 15) is 4.79 Å². The Morgan fingerprint density at radius 1 is 1.17 bits per heavy atom. The summed E-state index contributed by atoms with van der Waals surface area (Å²) in [6.45, 7) is 2.31. The van der Waals surface area contributed by atoms with Crippen LogP contribution in [0.1, 0.15) is 33.2 Å². The molecule has 156 valence electrons. The van der Waals surface area contributed by atoms with Gasteiger partial charge in [0.2, 0.25) is 0 Å². The number of ether oxygens (including phenoxy) is 1. The lowest BCUT2D eigenvalue weighted by Gasteiger charge is -2.36. The molecule has 2 aromatic carbocycles. The Kier molecular flexibility index (Phi) is 6.11. The van der Waals surface area contributed by atoms with E-state index in [0.717, 1.165) is 19.5 Å². The minimum absolute atomic E-state index is 0.0625. The summed E-state index contributed by atoms with van der Waals surface area (Å²) in [4.78, 5) is 15.4. The molecule has 1 amide bonds. The molecule has 1 unspecified atom stereocenters. The normalized spacial score (nSPS) is 14.8. The SMILES string of the molecule is COc1ccc(Cl)cc1C(=O)NCC(c1cccn1C)N1CCc2ccccc2C1. The molecule has 0 saturated heterocycles. The molecule has 1 N–H and O–H groups in total. The summed E-state index contributed by atoms with van der Waals surface area (Å²) < 4.78 is 7.46. The number of rotatable bonds is 6. The van der Waals surface area contributed by atoms with Gasteiger partial charge in [0.05, 0.1) is 18.7 Å². The Balaban J connectivity index is 1.56. The van der Waals surface area contributed by atoms with E-state index in [-0.39, 0.29) is 11.9 Å². The van der Waals surface area contributed by atoms with Crippen LogP contribution in [0.15, 0.2) is 60.8 Å². The van der Waals surface area contributed by atoms with Crippen molar-refractivity contribution in [3.8, 4) is 5.75 Å². The molecule has 4 rings (SSSR count). The second-order valence-corrected chi connectivity index (χ2v) is 8.04. The number of methoxy groups -OCH3 is 1. The highest BCUT2D eigenvalue weighted by Gasteiger charge is 2.27. The molecule has 3 aromatic rings. The molecular formula is C24H26ClN3O2. The smallest absolute Gasteiger partial charge is 0.255 e. The molecule has 0 bridgehead atoms. The van der Waals surface area contributed by atoms with Crippen LogP contribution in [0.4, 0.5) is 0 Å². The van der Waals surface area contributed by atoms with Gasteiger partial charge in [0.15, 0.2) is 0 Å². The predicted octanol–water partition coefficient (Wildman–Crippen LogP) is 4.22. The Morgan fingerprint density at radius 2 is 1.97 bits per heavy atom. The van der Waals surface area contributed by atoms with Crippen LogP contribution in [-0.2, 0) is 20.0 Å². The molecule has 1 aliphatic heterocycles. The minimum atomic E-state index is -0.189. The lowest BCUT2D eigenvalue weighted by molar-refractivity contribution is 0.0922. The fourth-order valence-corrected chi connectivity index (χ4v) is 4.34. The Morgan fingerprint density at radius 3 is 2.70 bits per heavy atom. The number of aryl methyl sites for hydroxylation is 1. The minimum Gasteiger partial charge on any atom is -0.496 e. The highest BCUT2D eigenvalue weighted by Crippen LogP contribution is 2.28. The fourth-order valence-electron chi connectivity index (χ4n) is 4.17. The number of aromatic nitrogens is 1. The van der Waals surface area contributed by atoms with Crippen molar-refractivity contribution in [3.05, 3.63) is 88.2 Å². The van der Waals surface area contributed by atoms with E-state index < -0.39 is 0 Å². The summed E-state index contributed by atoms with van der Waals surface area (Å²) in [5, 5.41) is 3.61. The number of fused-ring (bicyclic) bond motifs is 1. The standard InChI is InChI=1S/C24H26ClN3O2/c1-27-12-5-8-21(27)22(28-13-11-17-6-3-4-7-18(17)16-28)15-26-24(29)20-14-19(25)9-10-23(20)30-2/h3-10,12,14,22H,11,13,15-16H2,1-2H3,(H,26,29). The fraction of sp³-hybridized carbons (Fsp3) is 0.292. The second-order valence-electron chi connectivity index (χ2n) is 7.60. The highest BCUT2D eigenvalue weighted by molar-refractivity contribution is 6.31. The zero-order valence-corrected chi connectivity index (χ0v) is 18.0. The van der Waals surface area contributed by atoms with Crippen LogP contribution in [0.5, 0.6) is 5.75 Å². The first-order valence-corrected chi connectivity index (χ1v) is 10.5.